The Morgan fingerprint density at radius 3 is 2.44 bits per heavy atom. The lowest BCUT2D eigenvalue weighted by Crippen LogP contribution is -2.19. The second-order valence-electron chi connectivity index (χ2n) is 8.31. The summed E-state index contributed by atoms with van der Waals surface area (Å²) in [5.74, 6) is 1.34. The van der Waals surface area contributed by atoms with Crippen molar-refractivity contribution in [3.05, 3.63) is 69.0 Å². The molecule has 0 bridgehead atoms. The molecule has 3 aromatic rings. The molecule has 0 N–H and O–H groups in total. The first-order valence-electron chi connectivity index (χ1n) is 11.0. The second kappa shape index (κ2) is 11.1. The molecule has 1 atom stereocenters. The zero-order valence-corrected chi connectivity index (χ0v) is 21.3. The van der Waals surface area contributed by atoms with Gasteiger partial charge in [-0.2, -0.15) is 0 Å². The van der Waals surface area contributed by atoms with Gasteiger partial charge in [0.15, 0.2) is 5.78 Å². The Hall–Kier alpha value is -2.83. The number of aromatic nitrogens is 1. The molecule has 0 radical (unpaired) electrons. The molecule has 6 nitrogen and oxygen atoms in total. The van der Waals surface area contributed by atoms with Gasteiger partial charge in [-0.1, -0.05) is 37.0 Å². The van der Waals surface area contributed by atoms with Gasteiger partial charge >= 0.3 is 5.97 Å². The van der Waals surface area contributed by atoms with Crippen molar-refractivity contribution < 1.29 is 23.5 Å². The first kappa shape index (κ1) is 25.8. The van der Waals surface area contributed by atoms with Gasteiger partial charge < -0.3 is 13.9 Å². The molecule has 0 saturated heterocycles. The first-order valence-corrected chi connectivity index (χ1v) is 11.7. The van der Waals surface area contributed by atoms with E-state index in [9.17, 15) is 9.59 Å². The predicted molar refractivity (Wildman–Crippen MR) is 132 cm³/mol. The van der Waals surface area contributed by atoms with Crippen LogP contribution in [0.15, 0.2) is 40.8 Å². The molecule has 3 rings (SSSR count). The molecule has 1 unspecified atom stereocenters. The van der Waals surface area contributed by atoms with Crippen LogP contribution in [0.1, 0.15) is 67.4 Å². The Bertz CT molecular complexity index is 1200. The van der Waals surface area contributed by atoms with E-state index in [1.54, 1.807) is 43.3 Å². The van der Waals surface area contributed by atoms with E-state index in [0.717, 1.165) is 17.0 Å². The van der Waals surface area contributed by atoms with Crippen molar-refractivity contribution in [1.29, 1.82) is 0 Å². The highest BCUT2D eigenvalue weighted by Gasteiger charge is 2.20. The van der Waals surface area contributed by atoms with Gasteiger partial charge in [-0.3, -0.25) is 9.59 Å². The van der Waals surface area contributed by atoms with Crippen LogP contribution in [0, 0.1) is 6.92 Å². The minimum Gasteiger partial charge on any atom is -0.455 e. The number of oxazole rings is 1. The molecule has 180 valence electrons. The van der Waals surface area contributed by atoms with Crippen LogP contribution < -0.4 is 4.74 Å². The monoisotopic (exact) mass is 503 g/mol. The number of Topliss-reactive ketones (excluding diaryl/α,β-unsaturated/α-hetero) is 1. The Morgan fingerprint density at radius 1 is 1.09 bits per heavy atom. The summed E-state index contributed by atoms with van der Waals surface area (Å²) in [6.45, 7) is 8.82. The lowest BCUT2D eigenvalue weighted by Gasteiger charge is -2.16. The van der Waals surface area contributed by atoms with Crippen LogP contribution in [-0.2, 0) is 16.0 Å². The molecule has 0 aliphatic heterocycles. The van der Waals surface area contributed by atoms with E-state index in [4.69, 9.17) is 37.1 Å². The Balaban J connectivity index is 1.73. The maximum absolute atomic E-state index is 12.9. The molecule has 0 amide bonds. The largest absolute Gasteiger partial charge is 0.455 e. The average molecular weight is 504 g/mol. The van der Waals surface area contributed by atoms with Gasteiger partial charge in [-0.05, 0) is 48.9 Å². The number of nitrogens with zero attached hydrogens (tertiary/aromatic N) is 1. The van der Waals surface area contributed by atoms with Crippen LogP contribution in [0.5, 0.6) is 5.75 Å². The average Bonchev–Trinajstić information content (AvgIpc) is 3.17. The van der Waals surface area contributed by atoms with E-state index in [-0.39, 0.29) is 18.1 Å². The summed E-state index contributed by atoms with van der Waals surface area (Å²) in [6.07, 6.45) is -0.0199. The molecule has 1 heterocycles. The van der Waals surface area contributed by atoms with E-state index >= 15 is 0 Å². The maximum Gasteiger partial charge on any atom is 0.305 e. The summed E-state index contributed by atoms with van der Waals surface area (Å²) < 4.78 is 16.6. The second-order valence-corrected chi connectivity index (χ2v) is 9.15. The van der Waals surface area contributed by atoms with E-state index in [0.29, 0.717) is 39.2 Å². The molecule has 1 aromatic heterocycles. The first-order chi connectivity index (χ1) is 16.0. The topological polar surface area (TPSA) is 78.6 Å². The molecule has 34 heavy (non-hydrogen) atoms. The molecule has 0 fully saturated rings. The van der Waals surface area contributed by atoms with Gasteiger partial charge in [-0.15, -0.1) is 0 Å². The lowest BCUT2D eigenvalue weighted by molar-refractivity contribution is -0.158. The summed E-state index contributed by atoms with van der Waals surface area (Å²) >= 11 is 12.3. The predicted octanol–water partition coefficient (Wildman–Crippen LogP) is 7.18. The number of esters is 1. The van der Waals surface area contributed by atoms with Crippen molar-refractivity contribution in [2.75, 3.05) is 0 Å². The van der Waals surface area contributed by atoms with Crippen LogP contribution >= 0.6 is 23.2 Å². The van der Waals surface area contributed by atoms with Crippen molar-refractivity contribution in [1.82, 2.24) is 4.98 Å². The van der Waals surface area contributed by atoms with Crippen molar-refractivity contribution in [3.63, 3.8) is 0 Å². The summed E-state index contributed by atoms with van der Waals surface area (Å²) in [5.41, 5.74) is 2.73. The van der Waals surface area contributed by atoms with Gasteiger partial charge in [0.05, 0.1) is 16.3 Å². The highest BCUT2D eigenvalue weighted by molar-refractivity contribution is 6.36. The molecule has 2 aromatic carbocycles. The SMILES string of the molecule is CC(=O)OC(C)Oc1ccc(C(=O)CCc2nc(-c3ccc(Cl)cc3Cl)oc2C(C)C)cc1C. The molecule has 0 spiro atoms. The number of carbonyl (C=O) groups is 2. The van der Waals surface area contributed by atoms with E-state index in [1.807, 2.05) is 20.8 Å². The van der Waals surface area contributed by atoms with E-state index < -0.39 is 12.3 Å². The third-order valence-corrected chi connectivity index (χ3v) is 5.67. The number of aryl methyl sites for hydroxylation is 2. The van der Waals surface area contributed by atoms with E-state index in [2.05, 4.69) is 4.98 Å². The van der Waals surface area contributed by atoms with Crippen LogP contribution in [0.3, 0.4) is 0 Å². The van der Waals surface area contributed by atoms with Gasteiger partial charge in [0.1, 0.15) is 11.5 Å². The van der Waals surface area contributed by atoms with Crippen LogP contribution in [-0.4, -0.2) is 23.0 Å². The number of carbonyl (C=O) groups excluding carboxylic acids is 2. The normalized spacial score (nSPS) is 12.0. The van der Waals surface area contributed by atoms with Gasteiger partial charge in [0.2, 0.25) is 12.2 Å². The fourth-order valence-electron chi connectivity index (χ4n) is 3.54. The maximum atomic E-state index is 12.9. The zero-order valence-electron chi connectivity index (χ0n) is 19.8. The number of ether oxygens (including phenoxy) is 2. The van der Waals surface area contributed by atoms with Crippen LogP contribution in [0.2, 0.25) is 10.0 Å². The lowest BCUT2D eigenvalue weighted by atomic mass is 10.0. The third kappa shape index (κ3) is 6.39. The number of rotatable bonds is 9. The van der Waals surface area contributed by atoms with Crippen molar-refractivity contribution in [3.8, 4) is 17.2 Å². The number of hydrogen-bond donors (Lipinski definition) is 0. The van der Waals surface area contributed by atoms with E-state index in [1.165, 1.54) is 6.92 Å². The summed E-state index contributed by atoms with van der Waals surface area (Å²) in [4.78, 5) is 28.6. The van der Waals surface area contributed by atoms with Crippen molar-refractivity contribution in [2.24, 2.45) is 0 Å². The number of ketones is 1. The smallest absolute Gasteiger partial charge is 0.305 e. The Morgan fingerprint density at radius 2 is 1.82 bits per heavy atom. The van der Waals surface area contributed by atoms with Gasteiger partial charge in [-0.25, -0.2) is 4.98 Å². The highest BCUT2D eigenvalue weighted by atomic mass is 35.5. The molecule has 0 saturated carbocycles. The molecule has 8 heteroatoms. The van der Waals surface area contributed by atoms with Crippen LogP contribution in [0.4, 0.5) is 0 Å². The molecule has 0 aliphatic carbocycles. The summed E-state index contributed by atoms with van der Waals surface area (Å²) in [5, 5.41) is 0.982. The molecule has 0 aliphatic rings. The quantitative estimate of drug-likeness (QED) is 0.174. The minimum atomic E-state index is -0.720. The summed E-state index contributed by atoms with van der Waals surface area (Å²) in [6, 6.07) is 10.3. The van der Waals surface area contributed by atoms with Crippen LogP contribution in [0.25, 0.3) is 11.5 Å². The number of halogens is 2. The highest BCUT2D eigenvalue weighted by Crippen LogP contribution is 2.33. The minimum absolute atomic E-state index is 0.0218. The summed E-state index contributed by atoms with van der Waals surface area (Å²) in [7, 11) is 0. The Labute approximate surface area is 209 Å². The van der Waals surface area contributed by atoms with Gasteiger partial charge in [0.25, 0.3) is 0 Å². The number of benzene rings is 2. The van der Waals surface area contributed by atoms with Crippen molar-refractivity contribution in [2.45, 2.75) is 59.7 Å². The third-order valence-electron chi connectivity index (χ3n) is 5.12. The molecular formula is C26H27Cl2NO5. The Kier molecular flexibility index (Phi) is 8.39. The molecular weight excluding hydrogens is 477 g/mol. The van der Waals surface area contributed by atoms with Gasteiger partial charge in [0, 0.05) is 43.2 Å². The zero-order chi connectivity index (χ0) is 25.0. The van der Waals surface area contributed by atoms with Crippen molar-refractivity contribution >= 4 is 35.0 Å². The standard InChI is InChI=1S/C26H27Cl2NO5/c1-14(2)25-22(29-26(34-25)20-8-7-19(27)13-21(20)28)9-10-23(31)18-6-11-24(15(3)12-18)33-17(5)32-16(4)30/h6-8,11-14,17H,9-10H2,1-5H3. The number of hydrogen-bond acceptors (Lipinski definition) is 6. The fraction of sp³-hybridized carbons (Fsp3) is 0.346. The fourth-order valence-corrected chi connectivity index (χ4v) is 4.03.